The van der Waals surface area contributed by atoms with Crippen molar-refractivity contribution in [2.24, 2.45) is 0 Å². The van der Waals surface area contributed by atoms with Gasteiger partial charge in [-0.2, -0.15) is 0 Å². The van der Waals surface area contributed by atoms with Crippen molar-refractivity contribution in [2.75, 3.05) is 72.7 Å². The number of hydrogen-bond acceptors (Lipinski definition) is 8. The molecule has 8 nitrogen and oxygen atoms in total. The van der Waals surface area contributed by atoms with Crippen LogP contribution >= 0.6 is 0 Å². The summed E-state index contributed by atoms with van der Waals surface area (Å²) in [4.78, 5) is 11.6. The van der Waals surface area contributed by atoms with E-state index in [1.165, 1.54) is 50.5 Å². The highest BCUT2D eigenvalue weighted by atomic mass is 16.6. The Bertz CT molecular complexity index is 702. The van der Waals surface area contributed by atoms with Crippen LogP contribution in [0.1, 0.15) is 84.6 Å². The van der Waals surface area contributed by atoms with E-state index in [0.717, 1.165) is 12.2 Å². The highest BCUT2D eigenvalue weighted by molar-refractivity contribution is 5.69. The van der Waals surface area contributed by atoms with Crippen molar-refractivity contribution in [2.45, 2.75) is 91.1 Å². The molecule has 0 N–H and O–H groups in total. The van der Waals surface area contributed by atoms with Crippen molar-refractivity contribution < 1.29 is 38.0 Å². The number of rotatable bonds is 27. The molecule has 0 amide bonds. The zero-order chi connectivity index (χ0) is 29.2. The number of unbranched alkanes of at least 4 members (excludes halogenated alkanes) is 6. The molecule has 0 bridgehead atoms. The van der Waals surface area contributed by atoms with E-state index in [2.05, 4.69) is 19.1 Å². The molecule has 0 heterocycles. The number of carbonyl (C=O) groups is 1. The number of aryl methyl sites for hydroxylation is 1. The second-order valence-corrected chi connectivity index (χ2v) is 10.8. The lowest BCUT2D eigenvalue weighted by Crippen LogP contribution is -2.24. The van der Waals surface area contributed by atoms with Crippen molar-refractivity contribution >= 4 is 5.97 Å². The standard InChI is InChI=1S/C32H56O8/c1-5-6-7-8-9-10-11-12-29-13-15-30(16-14-29)39-28-27-38-26-25-37-24-23-36-22-21-35-20-19-34-18-17-31(33)40-32(2,3)4/h13-16H,5-12,17-28H2,1-4H3. The Kier molecular flexibility index (Phi) is 22.7. The smallest absolute Gasteiger partial charge is 0.308 e. The molecule has 0 radical (unpaired) electrons. The monoisotopic (exact) mass is 568 g/mol. The van der Waals surface area contributed by atoms with Gasteiger partial charge in [0.15, 0.2) is 0 Å². The molecule has 1 aromatic rings. The van der Waals surface area contributed by atoms with Gasteiger partial charge in [0.2, 0.25) is 0 Å². The van der Waals surface area contributed by atoms with Crippen molar-refractivity contribution in [3.63, 3.8) is 0 Å². The molecule has 0 saturated heterocycles. The highest BCUT2D eigenvalue weighted by Crippen LogP contribution is 2.15. The fraction of sp³-hybridized carbons (Fsp3) is 0.781. The van der Waals surface area contributed by atoms with Crippen LogP contribution in [0.4, 0.5) is 0 Å². The van der Waals surface area contributed by atoms with Crippen LogP contribution in [0.3, 0.4) is 0 Å². The third kappa shape index (κ3) is 24.1. The van der Waals surface area contributed by atoms with Crippen LogP contribution < -0.4 is 4.74 Å². The summed E-state index contributed by atoms with van der Waals surface area (Å²) in [5.41, 5.74) is 0.915. The topological polar surface area (TPSA) is 81.7 Å². The molecule has 0 aliphatic rings. The first-order valence-electron chi connectivity index (χ1n) is 15.2. The maximum atomic E-state index is 11.6. The Morgan fingerprint density at radius 3 is 1.55 bits per heavy atom. The number of carbonyl (C=O) groups excluding carboxylic acids is 1. The number of benzene rings is 1. The van der Waals surface area contributed by atoms with E-state index in [1.807, 2.05) is 32.9 Å². The van der Waals surface area contributed by atoms with Gasteiger partial charge in [-0.1, -0.05) is 57.6 Å². The predicted octanol–water partition coefficient (Wildman–Crippen LogP) is 6.17. The Labute approximate surface area is 243 Å². The van der Waals surface area contributed by atoms with Crippen LogP contribution in [0, 0.1) is 0 Å². The number of ether oxygens (including phenoxy) is 7. The van der Waals surface area contributed by atoms with Gasteiger partial charge < -0.3 is 33.2 Å². The molecule has 0 unspecified atom stereocenters. The highest BCUT2D eigenvalue weighted by Gasteiger charge is 2.15. The lowest BCUT2D eigenvalue weighted by atomic mass is 10.0. The van der Waals surface area contributed by atoms with Gasteiger partial charge in [0.25, 0.3) is 0 Å². The second kappa shape index (κ2) is 25.0. The molecule has 0 spiro atoms. The molecule has 0 aliphatic heterocycles. The van der Waals surface area contributed by atoms with E-state index in [4.69, 9.17) is 33.2 Å². The van der Waals surface area contributed by atoms with E-state index in [0.29, 0.717) is 72.7 Å². The average molecular weight is 569 g/mol. The molecule has 0 atom stereocenters. The molecular formula is C32H56O8. The Morgan fingerprint density at radius 1 is 0.600 bits per heavy atom. The maximum Gasteiger partial charge on any atom is 0.308 e. The van der Waals surface area contributed by atoms with Crippen LogP contribution in [0.2, 0.25) is 0 Å². The average Bonchev–Trinajstić information content (AvgIpc) is 2.91. The Balaban J connectivity index is 1.80. The van der Waals surface area contributed by atoms with Crippen molar-refractivity contribution in [3.8, 4) is 5.75 Å². The molecule has 0 aliphatic carbocycles. The summed E-state index contributed by atoms with van der Waals surface area (Å²) in [6.07, 6.45) is 10.8. The maximum absolute atomic E-state index is 11.6. The predicted molar refractivity (Wildman–Crippen MR) is 158 cm³/mol. The fourth-order valence-electron chi connectivity index (χ4n) is 3.79. The van der Waals surface area contributed by atoms with Gasteiger partial charge >= 0.3 is 5.97 Å². The van der Waals surface area contributed by atoms with Crippen LogP contribution in [-0.4, -0.2) is 84.2 Å². The van der Waals surface area contributed by atoms with Crippen molar-refractivity contribution in [1.29, 1.82) is 0 Å². The molecule has 40 heavy (non-hydrogen) atoms. The van der Waals surface area contributed by atoms with E-state index in [1.54, 1.807) is 0 Å². The minimum absolute atomic E-state index is 0.243. The van der Waals surface area contributed by atoms with Gasteiger partial charge in [-0.05, 0) is 51.3 Å². The minimum Gasteiger partial charge on any atom is -0.491 e. The molecule has 232 valence electrons. The van der Waals surface area contributed by atoms with Crippen molar-refractivity contribution in [3.05, 3.63) is 29.8 Å². The summed E-state index contributed by atoms with van der Waals surface area (Å²) < 4.78 is 38.3. The van der Waals surface area contributed by atoms with Gasteiger partial charge in [-0.25, -0.2) is 0 Å². The van der Waals surface area contributed by atoms with Gasteiger partial charge in [-0.15, -0.1) is 0 Å². The van der Waals surface area contributed by atoms with E-state index >= 15 is 0 Å². The normalized spacial score (nSPS) is 11.6. The molecule has 1 aromatic carbocycles. The van der Waals surface area contributed by atoms with Crippen LogP contribution in [0.15, 0.2) is 24.3 Å². The first-order chi connectivity index (χ1) is 19.4. The first-order valence-corrected chi connectivity index (χ1v) is 15.2. The lowest BCUT2D eigenvalue weighted by Gasteiger charge is -2.19. The molecule has 8 heteroatoms. The summed E-state index contributed by atoms with van der Waals surface area (Å²) >= 11 is 0. The Hall–Kier alpha value is -1.71. The van der Waals surface area contributed by atoms with Crippen LogP contribution in [-0.2, 0) is 39.6 Å². The summed E-state index contributed by atoms with van der Waals surface area (Å²) in [6.45, 7) is 13.1. The molecule has 0 saturated carbocycles. The fourth-order valence-corrected chi connectivity index (χ4v) is 3.79. The quantitative estimate of drug-likeness (QED) is 0.0920. The summed E-state index contributed by atoms with van der Waals surface area (Å²) in [7, 11) is 0. The Morgan fingerprint density at radius 2 is 1.05 bits per heavy atom. The zero-order valence-corrected chi connectivity index (χ0v) is 25.7. The summed E-state index contributed by atoms with van der Waals surface area (Å²) in [5.74, 6) is 0.630. The van der Waals surface area contributed by atoms with Gasteiger partial charge in [-0.3, -0.25) is 4.79 Å². The van der Waals surface area contributed by atoms with E-state index < -0.39 is 5.60 Å². The number of esters is 1. The zero-order valence-electron chi connectivity index (χ0n) is 25.7. The van der Waals surface area contributed by atoms with Crippen LogP contribution in [0.25, 0.3) is 0 Å². The molecular weight excluding hydrogens is 512 g/mol. The van der Waals surface area contributed by atoms with E-state index in [-0.39, 0.29) is 12.4 Å². The third-order valence-corrected chi connectivity index (χ3v) is 5.85. The van der Waals surface area contributed by atoms with E-state index in [9.17, 15) is 4.79 Å². The molecule has 1 rings (SSSR count). The lowest BCUT2D eigenvalue weighted by molar-refractivity contribution is -0.156. The first kappa shape index (κ1) is 36.3. The number of hydrogen-bond donors (Lipinski definition) is 0. The van der Waals surface area contributed by atoms with Gasteiger partial charge in [0, 0.05) is 0 Å². The van der Waals surface area contributed by atoms with Gasteiger partial charge in [0.05, 0.1) is 72.5 Å². The largest absolute Gasteiger partial charge is 0.491 e. The van der Waals surface area contributed by atoms with Gasteiger partial charge in [0.1, 0.15) is 18.0 Å². The van der Waals surface area contributed by atoms with Crippen molar-refractivity contribution in [1.82, 2.24) is 0 Å². The molecule has 0 fully saturated rings. The summed E-state index contributed by atoms with van der Waals surface area (Å²) in [5, 5.41) is 0. The summed E-state index contributed by atoms with van der Waals surface area (Å²) in [6, 6.07) is 8.43. The van der Waals surface area contributed by atoms with Crippen LogP contribution in [0.5, 0.6) is 5.75 Å². The minimum atomic E-state index is -0.464. The third-order valence-electron chi connectivity index (χ3n) is 5.85. The second-order valence-electron chi connectivity index (χ2n) is 10.8. The SMILES string of the molecule is CCCCCCCCCc1ccc(OCCOCCOCCOCCOCCOCCC(=O)OC(C)(C)C)cc1. The molecule has 0 aromatic heterocycles.